The molecule has 0 aliphatic carbocycles. The Morgan fingerprint density at radius 3 is 2.09 bits per heavy atom. The summed E-state index contributed by atoms with van der Waals surface area (Å²) >= 11 is 0. The molecule has 2 aromatic carbocycles. The molecule has 2 aromatic rings. The summed E-state index contributed by atoms with van der Waals surface area (Å²) in [4.78, 5) is 2.64. The molecule has 2 heterocycles. The van der Waals surface area contributed by atoms with Gasteiger partial charge in [-0.05, 0) is 59.7 Å². The number of hydrogen-bond donors (Lipinski definition) is 1. The Hall–Kier alpha value is -2.15. The molecule has 0 saturated carbocycles. The van der Waals surface area contributed by atoms with E-state index in [0.29, 0.717) is 12.0 Å². The molecule has 34 heavy (non-hydrogen) atoms. The van der Waals surface area contributed by atoms with E-state index in [1.807, 2.05) is 6.07 Å². The average Bonchev–Trinajstić information content (AvgIpc) is 2.85. The number of hydrogen-bond acceptors (Lipinski definition) is 6. The van der Waals surface area contributed by atoms with Crippen LogP contribution in [0.3, 0.4) is 0 Å². The summed E-state index contributed by atoms with van der Waals surface area (Å²) in [6.07, 6.45) is 4.61. The lowest BCUT2D eigenvalue weighted by molar-refractivity contribution is 0.0728. The molecule has 2 aliphatic heterocycles. The monoisotopic (exact) mass is 490 g/mol. The Balaban J connectivity index is 0.00000324. The molecule has 0 radical (unpaired) electrons. The highest BCUT2D eigenvalue weighted by Gasteiger charge is 2.41. The van der Waals surface area contributed by atoms with Crippen molar-refractivity contribution in [3.8, 4) is 23.0 Å². The standard InChI is InChI=1S/C27H38N2O4.ClH/c1-6-7-8-18-15-29-16-21(17-9-10-24(30-2)25(11-17)31-3)19-12-26(32-4)27(33-5)13-20(19)23(29)14-22(18)28;/h9-13,18,21-23H,6-8,14-16,28H2,1-5H3;1H. The topological polar surface area (TPSA) is 66.2 Å². The van der Waals surface area contributed by atoms with Crippen molar-refractivity contribution in [1.29, 1.82) is 0 Å². The first-order valence-corrected chi connectivity index (χ1v) is 12.0. The van der Waals surface area contributed by atoms with Gasteiger partial charge in [-0.2, -0.15) is 0 Å². The number of fused-ring (bicyclic) bond motifs is 3. The van der Waals surface area contributed by atoms with Gasteiger partial charge in [0, 0.05) is 31.1 Å². The van der Waals surface area contributed by atoms with E-state index >= 15 is 0 Å². The van der Waals surface area contributed by atoms with Gasteiger partial charge in [0.15, 0.2) is 23.0 Å². The third-order valence-electron chi connectivity index (χ3n) is 7.49. The SMILES string of the molecule is CCCCC1CN2CC(c3ccc(OC)c(OC)c3)c3cc(OC)c(OC)cc3C2CC1N.Cl. The van der Waals surface area contributed by atoms with E-state index in [1.165, 1.54) is 36.0 Å². The van der Waals surface area contributed by atoms with Crippen molar-refractivity contribution in [2.75, 3.05) is 41.5 Å². The molecule has 1 fully saturated rings. The van der Waals surface area contributed by atoms with E-state index in [9.17, 15) is 0 Å². The van der Waals surface area contributed by atoms with Crippen molar-refractivity contribution in [1.82, 2.24) is 4.90 Å². The van der Waals surface area contributed by atoms with Crippen LogP contribution in [0.25, 0.3) is 0 Å². The van der Waals surface area contributed by atoms with Gasteiger partial charge < -0.3 is 24.7 Å². The highest BCUT2D eigenvalue weighted by Crippen LogP contribution is 2.48. The molecule has 188 valence electrons. The van der Waals surface area contributed by atoms with E-state index in [4.69, 9.17) is 24.7 Å². The highest BCUT2D eigenvalue weighted by molar-refractivity contribution is 5.85. The fraction of sp³-hybridized carbons (Fsp3) is 0.556. The number of piperidine rings is 1. The van der Waals surface area contributed by atoms with Crippen molar-refractivity contribution in [2.24, 2.45) is 11.7 Å². The Bertz CT molecular complexity index is 970. The van der Waals surface area contributed by atoms with Crippen LogP contribution >= 0.6 is 12.4 Å². The zero-order valence-electron chi connectivity index (χ0n) is 21.0. The lowest BCUT2D eigenvalue weighted by atomic mass is 9.75. The van der Waals surface area contributed by atoms with Crippen LogP contribution in [0.4, 0.5) is 0 Å². The maximum absolute atomic E-state index is 6.71. The minimum Gasteiger partial charge on any atom is -0.493 e. The number of ether oxygens (including phenoxy) is 4. The summed E-state index contributed by atoms with van der Waals surface area (Å²) in [5.41, 5.74) is 10.5. The Kier molecular flexibility index (Phi) is 8.96. The number of rotatable bonds is 8. The van der Waals surface area contributed by atoms with Crippen LogP contribution in [0.1, 0.15) is 61.3 Å². The molecule has 2 aliphatic rings. The molecular weight excluding hydrogens is 452 g/mol. The van der Waals surface area contributed by atoms with Gasteiger partial charge in [-0.3, -0.25) is 4.90 Å². The van der Waals surface area contributed by atoms with E-state index in [1.54, 1.807) is 28.4 Å². The first-order chi connectivity index (χ1) is 16.0. The van der Waals surface area contributed by atoms with E-state index in [2.05, 4.69) is 36.1 Å². The third-order valence-corrected chi connectivity index (χ3v) is 7.49. The van der Waals surface area contributed by atoms with Crippen LogP contribution in [0, 0.1) is 5.92 Å². The van der Waals surface area contributed by atoms with Crippen molar-refractivity contribution < 1.29 is 18.9 Å². The predicted molar refractivity (Wildman–Crippen MR) is 138 cm³/mol. The van der Waals surface area contributed by atoms with Crippen molar-refractivity contribution in [2.45, 2.75) is 50.6 Å². The second-order valence-electron chi connectivity index (χ2n) is 9.27. The molecule has 0 amide bonds. The molecule has 4 unspecified atom stereocenters. The van der Waals surface area contributed by atoms with Crippen LogP contribution in [0.2, 0.25) is 0 Å². The molecule has 0 aromatic heterocycles. The number of nitrogens with zero attached hydrogens (tertiary/aromatic N) is 1. The minimum absolute atomic E-state index is 0. The molecule has 1 saturated heterocycles. The van der Waals surface area contributed by atoms with Crippen LogP contribution in [-0.4, -0.2) is 52.5 Å². The summed E-state index contributed by atoms with van der Waals surface area (Å²) in [5.74, 6) is 3.75. The van der Waals surface area contributed by atoms with Crippen LogP contribution in [0.15, 0.2) is 30.3 Å². The Morgan fingerprint density at radius 2 is 1.47 bits per heavy atom. The molecule has 0 bridgehead atoms. The fourth-order valence-electron chi connectivity index (χ4n) is 5.65. The van der Waals surface area contributed by atoms with Crippen molar-refractivity contribution >= 4 is 12.4 Å². The summed E-state index contributed by atoms with van der Waals surface area (Å²) in [6.45, 7) is 4.22. The molecule has 6 nitrogen and oxygen atoms in total. The van der Waals surface area contributed by atoms with Crippen molar-refractivity contribution in [3.05, 3.63) is 47.0 Å². The lowest BCUT2D eigenvalue weighted by Gasteiger charge is -2.48. The van der Waals surface area contributed by atoms with E-state index in [0.717, 1.165) is 42.5 Å². The number of methoxy groups -OCH3 is 4. The molecule has 7 heteroatoms. The number of nitrogens with two attached hydrogens (primary N) is 1. The van der Waals surface area contributed by atoms with Crippen LogP contribution in [0.5, 0.6) is 23.0 Å². The molecule has 2 N–H and O–H groups in total. The Labute approximate surface area is 210 Å². The number of halogens is 1. The summed E-state index contributed by atoms with van der Waals surface area (Å²) in [6, 6.07) is 11.1. The quantitative estimate of drug-likeness (QED) is 0.550. The van der Waals surface area contributed by atoms with Gasteiger partial charge in [0.05, 0.1) is 28.4 Å². The molecule has 4 rings (SSSR count). The lowest BCUT2D eigenvalue weighted by Crippen LogP contribution is -2.51. The zero-order valence-corrected chi connectivity index (χ0v) is 21.8. The van der Waals surface area contributed by atoms with Gasteiger partial charge >= 0.3 is 0 Å². The molecule has 0 spiro atoms. The predicted octanol–water partition coefficient (Wildman–Crippen LogP) is 5.17. The van der Waals surface area contributed by atoms with Gasteiger partial charge in [0.25, 0.3) is 0 Å². The van der Waals surface area contributed by atoms with E-state index < -0.39 is 0 Å². The molecular formula is C27H39ClN2O4. The molecule has 4 atom stereocenters. The second-order valence-corrected chi connectivity index (χ2v) is 9.27. The zero-order chi connectivity index (χ0) is 23.5. The largest absolute Gasteiger partial charge is 0.493 e. The number of benzene rings is 2. The van der Waals surface area contributed by atoms with Gasteiger partial charge in [-0.1, -0.05) is 25.8 Å². The third kappa shape index (κ3) is 4.95. The van der Waals surface area contributed by atoms with Gasteiger partial charge in [0.2, 0.25) is 0 Å². The van der Waals surface area contributed by atoms with Gasteiger partial charge in [0.1, 0.15) is 0 Å². The normalized spacial score (nSPS) is 23.8. The highest BCUT2D eigenvalue weighted by atomic mass is 35.5. The van der Waals surface area contributed by atoms with Crippen LogP contribution in [-0.2, 0) is 0 Å². The Morgan fingerprint density at radius 1 is 0.853 bits per heavy atom. The maximum atomic E-state index is 6.71. The number of unbranched alkanes of at least 4 members (excludes halogenated alkanes) is 1. The van der Waals surface area contributed by atoms with Gasteiger partial charge in [-0.15, -0.1) is 12.4 Å². The summed E-state index contributed by atoms with van der Waals surface area (Å²) < 4.78 is 22.5. The first kappa shape index (κ1) is 26.5. The smallest absolute Gasteiger partial charge is 0.161 e. The van der Waals surface area contributed by atoms with Gasteiger partial charge in [-0.25, -0.2) is 0 Å². The summed E-state index contributed by atoms with van der Waals surface area (Å²) in [7, 11) is 6.75. The summed E-state index contributed by atoms with van der Waals surface area (Å²) in [5, 5.41) is 0. The van der Waals surface area contributed by atoms with Crippen LogP contribution < -0.4 is 24.7 Å². The van der Waals surface area contributed by atoms with E-state index in [-0.39, 0.29) is 24.4 Å². The maximum Gasteiger partial charge on any atom is 0.161 e. The average molecular weight is 491 g/mol. The second kappa shape index (κ2) is 11.5. The minimum atomic E-state index is 0. The first-order valence-electron chi connectivity index (χ1n) is 12.0. The fourth-order valence-corrected chi connectivity index (χ4v) is 5.65. The van der Waals surface area contributed by atoms with Crippen molar-refractivity contribution in [3.63, 3.8) is 0 Å².